The van der Waals surface area contributed by atoms with Gasteiger partial charge in [-0.2, -0.15) is 0 Å². The predicted octanol–water partition coefficient (Wildman–Crippen LogP) is 5.10. The molecule has 3 aromatic carbocycles. The van der Waals surface area contributed by atoms with Gasteiger partial charge in [0.15, 0.2) is 0 Å². The van der Waals surface area contributed by atoms with Gasteiger partial charge in [-0.3, -0.25) is 9.59 Å². The van der Waals surface area contributed by atoms with Gasteiger partial charge in [0.05, 0.1) is 30.2 Å². The summed E-state index contributed by atoms with van der Waals surface area (Å²) in [5.74, 6) is 0.674. The molecule has 1 saturated carbocycles. The average molecular weight is 610 g/mol. The van der Waals surface area contributed by atoms with Gasteiger partial charge in [-0.1, -0.05) is 73.9 Å². The van der Waals surface area contributed by atoms with E-state index in [-0.39, 0.29) is 37.0 Å². The number of epoxide rings is 1. The molecule has 6 rings (SSSR count). The van der Waals surface area contributed by atoms with Crippen molar-refractivity contribution in [2.45, 2.75) is 63.9 Å². The predicted molar refractivity (Wildman–Crippen MR) is 169 cm³/mol. The van der Waals surface area contributed by atoms with Gasteiger partial charge in [-0.05, 0) is 48.2 Å². The van der Waals surface area contributed by atoms with Gasteiger partial charge in [0.1, 0.15) is 18.5 Å². The number of alkyl carbamates (subject to hydrolysis) is 1. The van der Waals surface area contributed by atoms with Gasteiger partial charge in [-0.25, -0.2) is 9.78 Å². The summed E-state index contributed by atoms with van der Waals surface area (Å²) in [6.07, 6.45) is 4.44. The number of H-pyrrole nitrogens is 1. The maximum Gasteiger partial charge on any atom is 0.407 e. The smallest absolute Gasteiger partial charge is 0.407 e. The maximum absolute atomic E-state index is 13.7. The lowest BCUT2D eigenvalue weighted by Crippen LogP contribution is -2.47. The minimum Gasteiger partial charge on any atom is -0.445 e. The number of hydrogen-bond acceptors (Lipinski definition) is 6. The number of benzene rings is 3. The molecule has 1 aromatic heterocycles. The van der Waals surface area contributed by atoms with Gasteiger partial charge >= 0.3 is 6.09 Å². The van der Waals surface area contributed by atoms with E-state index in [2.05, 4.69) is 15.6 Å². The van der Waals surface area contributed by atoms with Crippen molar-refractivity contribution in [3.8, 4) is 0 Å². The Bertz CT molecular complexity index is 1560. The first-order valence-electron chi connectivity index (χ1n) is 15.7. The number of amides is 3. The Morgan fingerprint density at radius 2 is 1.64 bits per heavy atom. The minimum atomic E-state index is -0.562. The quantitative estimate of drug-likeness (QED) is 0.192. The van der Waals surface area contributed by atoms with Crippen molar-refractivity contribution in [1.82, 2.24) is 25.5 Å². The summed E-state index contributed by atoms with van der Waals surface area (Å²) >= 11 is 0. The lowest BCUT2D eigenvalue weighted by Gasteiger charge is -2.29. The Morgan fingerprint density at radius 3 is 2.38 bits per heavy atom. The number of hydrogen-bond donors (Lipinski definition) is 3. The number of imidazole rings is 1. The number of carbonyl (C=O) groups excluding carboxylic acids is 3. The number of rotatable bonds is 12. The van der Waals surface area contributed by atoms with Crippen LogP contribution in [0.15, 0.2) is 78.9 Å². The molecule has 3 amide bonds. The third-order valence-electron chi connectivity index (χ3n) is 8.44. The van der Waals surface area contributed by atoms with E-state index in [0.717, 1.165) is 53.7 Å². The van der Waals surface area contributed by atoms with E-state index in [9.17, 15) is 14.4 Å². The lowest BCUT2D eigenvalue weighted by atomic mass is 9.88. The molecule has 45 heavy (non-hydrogen) atoms. The molecule has 1 aliphatic carbocycles. The fraction of sp³-hybridized carbons (Fsp3) is 0.371. The van der Waals surface area contributed by atoms with Crippen LogP contribution in [0.3, 0.4) is 0 Å². The summed E-state index contributed by atoms with van der Waals surface area (Å²) in [4.78, 5) is 49.0. The van der Waals surface area contributed by atoms with Crippen LogP contribution >= 0.6 is 0 Å². The Labute approximate surface area is 262 Å². The number of aromatic nitrogens is 2. The standard InChI is InChI=1S/C35H39N5O5/c41-33(36-19-30(31-23-44-31)39-35(43)45-22-25-9-3-1-4-10-25)26-17-15-24(16-18-26)20-40(34(42)27-11-5-2-6-12-27)21-32-37-28-13-7-8-14-29(28)38-32/h1,3-4,7-10,13-18,27,30-31H,2,5-6,11-12,19-23H2,(H,36,41)(H,37,38)(H,39,43)/t30-,31+/m0/s1. The van der Waals surface area contributed by atoms with Crippen LogP contribution in [0.1, 0.15) is 59.4 Å². The van der Waals surface area contributed by atoms with Crippen LogP contribution in [0.2, 0.25) is 0 Å². The van der Waals surface area contributed by atoms with Gasteiger partial charge in [0.25, 0.3) is 5.91 Å². The average Bonchev–Trinajstić information content (AvgIpc) is 3.85. The Hall–Kier alpha value is -4.70. The Morgan fingerprint density at radius 1 is 0.911 bits per heavy atom. The van der Waals surface area contributed by atoms with Crippen LogP contribution in [0.5, 0.6) is 0 Å². The molecule has 0 unspecified atom stereocenters. The normalized spacial score (nSPS) is 16.9. The zero-order valence-corrected chi connectivity index (χ0v) is 25.2. The molecule has 2 heterocycles. The first-order chi connectivity index (χ1) is 22.0. The molecular formula is C35H39N5O5. The number of nitrogens with zero attached hydrogens (tertiary/aromatic N) is 2. The molecule has 10 nitrogen and oxygen atoms in total. The highest BCUT2D eigenvalue weighted by Crippen LogP contribution is 2.27. The maximum atomic E-state index is 13.7. The van der Waals surface area contributed by atoms with E-state index in [1.807, 2.05) is 71.6 Å². The molecule has 2 fully saturated rings. The molecule has 0 spiro atoms. The summed E-state index contributed by atoms with van der Waals surface area (Å²) in [6, 6.07) is 24.2. The van der Waals surface area contributed by atoms with Crippen molar-refractivity contribution < 1.29 is 23.9 Å². The second-order valence-corrected chi connectivity index (χ2v) is 11.8. The molecular weight excluding hydrogens is 570 g/mol. The zero-order chi connectivity index (χ0) is 31.0. The van der Waals surface area contributed by atoms with Crippen LogP contribution in [0.25, 0.3) is 11.0 Å². The minimum absolute atomic E-state index is 0.0285. The lowest BCUT2D eigenvalue weighted by molar-refractivity contribution is -0.138. The second kappa shape index (κ2) is 14.4. The van der Waals surface area contributed by atoms with Crippen molar-refractivity contribution in [2.75, 3.05) is 13.2 Å². The van der Waals surface area contributed by atoms with Gasteiger partial charge in [-0.15, -0.1) is 0 Å². The number of ether oxygens (including phenoxy) is 2. The summed E-state index contributed by atoms with van der Waals surface area (Å²) < 4.78 is 10.7. The van der Waals surface area contributed by atoms with E-state index in [1.54, 1.807) is 12.1 Å². The molecule has 1 aliphatic heterocycles. The molecule has 1 saturated heterocycles. The van der Waals surface area contributed by atoms with Gasteiger partial charge in [0, 0.05) is 24.6 Å². The molecule has 3 N–H and O–H groups in total. The van der Waals surface area contributed by atoms with Crippen LogP contribution in [-0.4, -0.2) is 58.1 Å². The number of fused-ring (bicyclic) bond motifs is 1. The molecule has 10 heteroatoms. The number of carbonyl (C=O) groups is 3. The van der Waals surface area contributed by atoms with Crippen LogP contribution < -0.4 is 10.6 Å². The van der Waals surface area contributed by atoms with E-state index >= 15 is 0 Å². The summed E-state index contributed by atoms with van der Waals surface area (Å²) in [7, 11) is 0. The fourth-order valence-corrected chi connectivity index (χ4v) is 5.85. The third kappa shape index (κ3) is 8.27. The third-order valence-corrected chi connectivity index (χ3v) is 8.44. The molecule has 0 radical (unpaired) electrons. The number of para-hydroxylation sites is 2. The van der Waals surface area contributed by atoms with Gasteiger partial charge < -0.3 is 30.0 Å². The first-order valence-corrected chi connectivity index (χ1v) is 15.7. The number of aromatic amines is 1. The van der Waals surface area contributed by atoms with E-state index in [0.29, 0.717) is 25.3 Å². The summed E-state index contributed by atoms with van der Waals surface area (Å²) in [5.41, 5.74) is 4.13. The first kappa shape index (κ1) is 30.3. The Kier molecular flexibility index (Phi) is 9.70. The topological polar surface area (TPSA) is 129 Å². The van der Waals surface area contributed by atoms with Crippen molar-refractivity contribution >= 4 is 28.9 Å². The molecule has 4 aromatic rings. The van der Waals surface area contributed by atoms with E-state index in [4.69, 9.17) is 14.5 Å². The molecule has 0 bridgehead atoms. The van der Waals surface area contributed by atoms with Crippen molar-refractivity contribution in [3.63, 3.8) is 0 Å². The van der Waals surface area contributed by atoms with Crippen molar-refractivity contribution in [2.24, 2.45) is 5.92 Å². The van der Waals surface area contributed by atoms with Crippen molar-refractivity contribution in [3.05, 3.63) is 101 Å². The SMILES string of the molecule is O=C(N[C@@H](CNC(=O)c1ccc(CN(Cc2nc3ccccc3[nH]2)C(=O)C2CCCCC2)cc1)[C@H]1CO1)OCc1ccccc1. The highest BCUT2D eigenvalue weighted by atomic mass is 16.6. The van der Waals surface area contributed by atoms with Crippen LogP contribution in [-0.2, 0) is 34.0 Å². The molecule has 2 atom stereocenters. The largest absolute Gasteiger partial charge is 0.445 e. The highest BCUT2D eigenvalue weighted by molar-refractivity contribution is 5.94. The van der Waals surface area contributed by atoms with Crippen molar-refractivity contribution in [1.29, 1.82) is 0 Å². The second-order valence-electron chi connectivity index (χ2n) is 11.8. The van der Waals surface area contributed by atoms with Crippen LogP contribution in [0.4, 0.5) is 4.79 Å². The zero-order valence-electron chi connectivity index (χ0n) is 25.2. The molecule has 2 aliphatic rings. The number of nitrogens with one attached hydrogen (secondary N) is 3. The van der Waals surface area contributed by atoms with Crippen LogP contribution in [0, 0.1) is 5.92 Å². The summed E-state index contributed by atoms with van der Waals surface area (Å²) in [6.45, 7) is 1.68. The monoisotopic (exact) mass is 609 g/mol. The van der Waals surface area contributed by atoms with E-state index < -0.39 is 12.1 Å². The highest BCUT2D eigenvalue weighted by Gasteiger charge is 2.34. The van der Waals surface area contributed by atoms with Gasteiger partial charge in [0.2, 0.25) is 5.91 Å². The molecule has 234 valence electrons. The summed E-state index contributed by atoms with van der Waals surface area (Å²) in [5, 5.41) is 5.71. The Balaban J connectivity index is 1.05. The fourth-order valence-electron chi connectivity index (χ4n) is 5.85. The van der Waals surface area contributed by atoms with E-state index in [1.165, 1.54) is 6.42 Å².